The molecule has 0 aromatic heterocycles. The van der Waals surface area contributed by atoms with Crippen molar-refractivity contribution in [2.75, 3.05) is 17.2 Å². The van der Waals surface area contributed by atoms with Crippen LogP contribution in [-0.4, -0.2) is 12.5 Å². The molecule has 5 heteroatoms. The largest absolute Gasteiger partial charge is 0.376 e. The Kier molecular flexibility index (Phi) is 5.10. The monoisotopic (exact) mass is 322 g/mol. The quantitative estimate of drug-likeness (QED) is 0.859. The topological polar surface area (TPSA) is 41.1 Å². The summed E-state index contributed by atoms with van der Waals surface area (Å²) in [5.41, 5.74) is 3.57. The van der Waals surface area contributed by atoms with E-state index in [0.717, 1.165) is 22.5 Å². The lowest BCUT2D eigenvalue weighted by molar-refractivity contribution is -0.114. The van der Waals surface area contributed by atoms with Gasteiger partial charge in [0.2, 0.25) is 5.91 Å². The minimum atomic E-state index is -0.130. The molecule has 3 nitrogen and oxygen atoms in total. The van der Waals surface area contributed by atoms with Crippen LogP contribution >= 0.6 is 23.2 Å². The van der Waals surface area contributed by atoms with E-state index in [4.69, 9.17) is 23.2 Å². The third-order valence-electron chi connectivity index (χ3n) is 3.10. The summed E-state index contributed by atoms with van der Waals surface area (Å²) in [5, 5.41) is 7.20. The van der Waals surface area contributed by atoms with Crippen molar-refractivity contribution in [3.05, 3.63) is 57.6 Å². The van der Waals surface area contributed by atoms with Gasteiger partial charge in [-0.3, -0.25) is 4.79 Å². The fourth-order valence-electron chi connectivity index (χ4n) is 1.92. The maximum Gasteiger partial charge on any atom is 0.243 e. The SMILES string of the molecule is Cc1cc(Cl)ccc1NCC(=O)Nc1cc(Cl)ccc1C. The van der Waals surface area contributed by atoms with E-state index >= 15 is 0 Å². The zero-order valence-electron chi connectivity index (χ0n) is 11.8. The summed E-state index contributed by atoms with van der Waals surface area (Å²) in [6, 6.07) is 10.9. The van der Waals surface area contributed by atoms with Crippen molar-refractivity contribution < 1.29 is 4.79 Å². The molecular weight excluding hydrogens is 307 g/mol. The third-order valence-corrected chi connectivity index (χ3v) is 3.57. The van der Waals surface area contributed by atoms with Crippen LogP contribution in [0.4, 0.5) is 11.4 Å². The summed E-state index contributed by atoms with van der Waals surface area (Å²) in [7, 11) is 0. The molecule has 110 valence electrons. The number of carbonyl (C=O) groups excluding carboxylic acids is 1. The number of carbonyl (C=O) groups is 1. The molecule has 0 aliphatic carbocycles. The number of amides is 1. The molecule has 1 amide bonds. The van der Waals surface area contributed by atoms with Crippen molar-refractivity contribution >= 4 is 40.5 Å². The summed E-state index contributed by atoms with van der Waals surface area (Å²) in [5.74, 6) is -0.130. The Morgan fingerprint density at radius 2 is 1.62 bits per heavy atom. The minimum Gasteiger partial charge on any atom is -0.376 e. The van der Waals surface area contributed by atoms with Crippen LogP contribution in [0.5, 0.6) is 0 Å². The van der Waals surface area contributed by atoms with E-state index in [-0.39, 0.29) is 12.5 Å². The summed E-state index contributed by atoms with van der Waals surface area (Å²) in [4.78, 5) is 12.0. The number of hydrogen-bond acceptors (Lipinski definition) is 2. The van der Waals surface area contributed by atoms with Crippen LogP contribution in [0.3, 0.4) is 0 Å². The molecule has 0 atom stereocenters. The molecule has 0 unspecified atom stereocenters. The number of rotatable bonds is 4. The maximum atomic E-state index is 12.0. The molecule has 0 fully saturated rings. The Hall–Kier alpha value is -1.71. The first-order chi connectivity index (χ1) is 9.95. The number of hydrogen-bond donors (Lipinski definition) is 2. The van der Waals surface area contributed by atoms with Gasteiger partial charge in [-0.05, 0) is 55.3 Å². The van der Waals surface area contributed by atoms with Crippen molar-refractivity contribution in [1.29, 1.82) is 0 Å². The molecule has 0 radical (unpaired) electrons. The van der Waals surface area contributed by atoms with Gasteiger partial charge in [0.25, 0.3) is 0 Å². The standard InChI is InChI=1S/C16H16Cl2N2O/c1-10-3-4-13(18)8-15(10)20-16(21)9-19-14-6-5-12(17)7-11(14)2/h3-8,19H,9H2,1-2H3,(H,20,21). The molecular formula is C16H16Cl2N2O. The Morgan fingerprint density at radius 1 is 0.952 bits per heavy atom. The lowest BCUT2D eigenvalue weighted by Crippen LogP contribution is -2.22. The van der Waals surface area contributed by atoms with Gasteiger partial charge in [-0.15, -0.1) is 0 Å². The van der Waals surface area contributed by atoms with Crippen molar-refractivity contribution in [3.8, 4) is 0 Å². The second-order valence-electron chi connectivity index (χ2n) is 4.82. The van der Waals surface area contributed by atoms with Gasteiger partial charge in [0.1, 0.15) is 0 Å². The highest BCUT2D eigenvalue weighted by Gasteiger charge is 2.06. The van der Waals surface area contributed by atoms with Gasteiger partial charge in [0.15, 0.2) is 0 Å². The summed E-state index contributed by atoms with van der Waals surface area (Å²) < 4.78 is 0. The van der Waals surface area contributed by atoms with Crippen LogP contribution in [0.1, 0.15) is 11.1 Å². The second-order valence-corrected chi connectivity index (χ2v) is 5.69. The van der Waals surface area contributed by atoms with Crippen molar-refractivity contribution in [1.82, 2.24) is 0 Å². The molecule has 0 saturated heterocycles. The predicted molar refractivity (Wildman–Crippen MR) is 89.5 cm³/mol. The predicted octanol–water partition coefficient (Wildman–Crippen LogP) is 4.66. The first-order valence-corrected chi connectivity index (χ1v) is 7.27. The van der Waals surface area contributed by atoms with Gasteiger partial charge < -0.3 is 10.6 Å². The van der Waals surface area contributed by atoms with Crippen molar-refractivity contribution in [3.63, 3.8) is 0 Å². The average molecular weight is 323 g/mol. The third kappa shape index (κ3) is 4.38. The molecule has 0 bridgehead atoms. The molecule has 0 aliphatic heterocycles. The van der Waals surface area contributed by atoms with Crippen LogP contribution < -0.4 is 10.6 Å². The molecule has 0 heterocycles. The Morgan fingerprint density at radius 3 is 2.33 bits per heavy atom. The second kappa shape index (κ2) is 6.83. The highest BCUT2D eigenvalue weighted by molar-refractivity contribution is 6.31. The van der Waals surface area contributed by atoms with E-state index < -0.39 is 0 Å². The van der Waals surface area contributed by atoms with Crippen LogP contribution in [0.2, 0.25) is 10.0 Å². The first kappa shape index (κ1) is 15.7. The normalized spacial score (nSPS) is 10.3. The smallest absolute Gasteiger partial charge is 0.243 e. The molecule has 21 heavy (non-hydrogen) atoms. The number of halogens is 2. The highest BCUT2D eigenvalue weighted by Crippen LogP contribution is 2.21. The van der Waals surface area contributed by atoms with E-state index in [9.17, 15) is 4.79 Å². The lowest BCUT2D eigenvalue weighted by atomic mass is 10.2. The number of nitrogens with one attached hydrogen (secondary N) is 2. The van der Waals surface area contributed by atoms with Gasteiger partial charge in [-0.1, -0.05) is 29.3 Å². The van der Waals surface area contributed by atoms with E-state index in [0.29, 0.717) is 10.0 Å². The van der Waals surface area contributed by atoms with E-state index in [1.807, 2.05) is 32.0 Å². The Bertz CT molecular complexity index is 671. The van der Waals surface area contributed by atoms with E-state index in [1.54, 1.807) is 18.2 Å². The summed E-state index contributed by atoms with van der Waals surface area (Å²) in [6.45, 7) is 4.03. The van der Waals surface area contributed by atoms with Gasteiger partial charge in [-0.25, -0.2) is 0 Å². The summed E-state index contributed by atoms with van der Waals surface area (Å²) in [6.07, 6.45) is 0. The summed E-state index contributed by atoms with van der Waals surface area (Å²) >= 11 is 11.8. The Balaban J connectivity index is 1.97. The van der Waals surface area contributed by atoms with Crippen LogP contribution in [0.25, 0.3) is 0 Å². The Labute approximate surface area is 134 Å². The molecule has 2 rings (SSSR count). The average Bonchev–Trinajstić information content (AvgIpc) is 2.42. The molecule has 0 spiro atoms. The van der Waals surface area contributed by atoms with E-state index in [2.05, 4.69) is 10.6 Å². The maximum absolute atomic E-state index is 12.0. The fraction of sp³-hybridized carbons (Fsp3) is 0.188. The molecule has 0 saturated carbocycles. The van der Waals surface area contributed by atoms with E-state index in [1.165, 1.54) is 0 Å². The lowest BCUT2D eigenvalue weighted by Gasteiger charge is -2.12. The number of benzene rings is 2. The van der Waals surface area contributed by atoms with Gasteiger partial charge in [0.05, 0.1) is 6.54 Å². The fourth-order valence-corrected chi connectivity index (χ4v) is 2.32. The zero-order chi connectivity index (χ0) is 15.4. The van der Waals surface area contributed by atoms with Crippen LogP contribution in [0.15, 0.2) is 36.4 Å². The van der Waals surface area contributed by atoms with Crippen LogP contribution in [0, 0.1) is 13.8 Å². The minimum absolute atomic E-state index is 0.130. The van der Waals surface area contributed by atoms with Crippen molar-refractivity contribution in [2.45, 2.75) is 13.8 Å². The van der Waals surface area contributed by atoms with Gasteiger partial charge in [0, 0.05) is 21.4 Å². The molecule has 0 aliphatic rings. The van der Waals surface area contributed by atoms with Crippen molar-refractivity contribution in [2.24, 2.45) is 0 Å². The van der Waals surface area contributed by atoms with Gasteiger partial charge in [-0.2, -0.15) is 0 Å². The highest BCUT2D eigenvalue weighted by atomic mass is 35.5. The molecule has 2 aromatic carbocycles. The van der Waals surface area contributed by atoms with Crippen LogP contribution in [-0.2, 0) is 4.79 Å². The molecule has 2 N–H and O–H groups in total. The molecule has 2 aromatic rings. The number of aryl methyl sites for hydroxylation is 2. The number of anilines is 2. The first-order valence-electron chi connectivity index (χ1n) is 6.52. The van der Waals surface area contributed by atoms with Gasteiger partial charge >= 0.3 is 0 Å². The zero-order valence-corrected chi connectivity index (χ0v) is 13.3.